The molecule has 3 N–H and O–H groups in total. The van der Waals surface area contributed by atoms with Gasteiger partial charge < -0.3 is 24.9 Å². The summed E-state index contributed by atoms with van der Waals surface area (Å²) in [5.74, 6) is -0.489. The predicted octanol–water partition coefficient (Wildman–Crippen LogP) is 4.85. The lowest BCUT2D eigenvalue weighted by molar-refractivity contribution is -0.143. The lowest BCUT2D eigenvalue weighted by atomic mass is 9.82. The summed E-state index contributed by atoms with van der Waals surface area (Å²) < 4.78 is 11.2. The third-order valence-corrected chi connectivity index (χ3v) is 6.10. The minimum atomic E-state index is -0.715. The van der Waals surface area contributed by atoms with E-state index in [1.807, 2.05) is 24.3 Å². The van der Waals surface area contributed by atoms with E-state index in [0.717, 1.165) is 18.5 Å². The van der Waals surface area contributed by atoms with E-state index in [-0.39, 0.29) is 17.8 Å². The average Bonchev–Trinajstić information content (AvgIpc) is 3.33. The van der Waals surface area contributed by atoms with Crippen LogP contribution in [0.3, 0.4) is 0 Å². The Hall–Kier alpha value is -3.95. The third-order valence-electron chi connectivity index (χ3n) is 6.10. The molecule has 0 spiro atoms. The van der Waals surface area contributed by atoms with Crippen LogP contribution in [0.15, 0.2) is 47.0 Å². The number of pyridine rings is 1. The Morgan fingerprint density at radius 2 is 1.77 bits per heavy atom. The Kier molecular flexibility index (Phi) is 7.59. The Morgan fingerprint density at radius 3 is 2.40 bits per heavy atom. The van der Waals surface area contributed by atoms with Crippen molar-refractivity contribution in [2.45, 2.75) is 45.4 Å². The first kappa shape index (κ1) is 24.2. The van der Waals surface area contributed by atoms with Gasteiger partial charge in [0.1, 0.15) is 0 Å². The first-order valence-corrected chi connectivity index (χ1v) is 11.7. The number of nitrogens with one attached hydrogen (secondary N) is 2. The molecule has 10 nitrogen and oxygen atoms in total. The molecule has 0 atom stereocenters. The molecular weight excluding hydrogens is 450 g/mol. The van der Waals surface area contributed by atoms with Gasteiger partial charge in [0.25, 0.3) is 0 Å². The van der Waals surface area contributed by atoms with Crippen molar-refractivity contribution in [2.24, 2.45) is 11.8 Å². The number of anilines is 3. The van der Waals surface area contributed by atoms with Gasteiger partial charge in [0, 0.05) is 11.8 Å². The van der Waals surface area contributed by atoms with Gasteiger partial charge in [-0.1, -0.05) is 31.1 Å². The van der Waals surface area contributed by atoms with Crippen LogP contribution in [0.4, 0.5) is 17.4 Å². The summed E-state index contributed by atoms with van der Waals surface area (Å²) >= 11 is 0. The van der Waals surface area contributed by atoms with E-state index >= 15 is 0 Å². The highest BCUT2D eigenvalue weighted by Crippen LogP contribution is 2.29. The maximum absolute atomic E-state index is 12.5. The maximum atomic E-state index is 12.5. The van der Waals surface area contributed by atoms with E-state index in [1.54, 1.807) is 12.1 Å². The molecule has 1 saturated carbocycles. The fourth-order valence-electron chi connectivity index (χ4n) is 3.94. The van der Waals surface area contributed by atoms with E-state index in [1.165, 1.54) is 11.8 Å². The van der Waals surface area contributed by atoms with Gasteiger partial charge in [-0.05, 0) is 61.3 Å². The number of aromatic nitrogens is 3. The van der Waals surface area contributed by atoms with Crippen LogP contribution in [0.5, 0.6) is 5.88 Å². The van der Waals surface area contributed by atoms with Crippen molar-refractivity contribution >= 4 is 29.3 Å². The molecule has 0 saturated heterocycles. The monoisotopic (exact) mass is 479 g/mol. The minimum Gasteiger partial charge on any atom is -0.481 e. The molecule has 0 radical (unpaired) electrons. The SMILES string of the molecule is CC(C)c1ccc(Nc2nnc(C(=O)Nc3ccc(OCC4CCC(C(=O)O)CC4)nc3)o2)cc1. The molecule has 1 aliphatic rings. The summed E-state index contributed by atoms with van der Waals surface area (Å²) in [4.78, 5) is 27.7. The number of amides is 1. The van der Waals surface area contributed by atoms with E-state index in [2.05, 4.69) is 39.7 Å². The van der Waals surface area contributed by atoms with Crippen molar-refractivity contribution in [2.75, 3.05) is 17.2 Å². The molecule has 1 aromatic carbocycles. The molecule has 1 aliphatic carbocycles. The summed E-state index contributed by atoms with van der Waals surface area (Å²) in [6.45, 7) is 4.74. The topological polar surface area (TPSA) is 139 Å². The van der Waals surface area contributed by atoms with Crippen molar-refractivity contribution in [3.63, 3.8) is 0 Å². The first-order chi connectivity index (χ1) is 16.9. The number of carboxylic acids is 1. The first-order valence-electron chi connectivity index (χ1n) is 11.7. The second-order valence-electron chi connectivity index (χ2n) is 9.02. The molecule has 35 heavy (non-hydrogen) atoms. The van der Waals surface area contributed by atoms with Gasteiger partial charge in [0.05, 0.1) is 24.4 Å². The quantitative estimate of drug-likeness (QED) is 0.393. The van der Waals surface area contributed by atoms with Crippen LogP contribution in [0, 0.1) is 11.8 Å². The molecule has 0 bridgehead atoms. The van der Waals surface area contributed by atoms with Crippen molar-refractivity contribution in [1.29, 1.82) is 0 Å². The van der Waals surface area contributed by atoms with Gasteiger partial charge in [-0.15, -0.1) is 5.10 Å². The lowest BCUT2D eigenvalue weighted by Crippen LogP contribution is -2.24. The van der Waals surface area contributed by atoms with Gasteiger partial charge in [-0.3, -0.25) is 9.59 Å². The molecule has 2 heterocycles. The Bertz CT molecular complexity index is 1140. The van der Waals surface area contributed by atoms with Gasteiger partial charge in [0.15, 0.2) is 0 Å². The number of aliphatic carboxylic acids is 1. The number of carbonyl (C=O) groups excluding carboxylic acids is 1. The molecule has 0 unspecified atom stereocenters. The van der Waals surface area contributed by atoms with Gasteiger partial charge in [-0.2, -0.15) is 0 Å². The second kappa shape index (κ2) is 11.0. The maximum Gasteiger partial charge on any atom is 0.320 e. The molecule has 3 aromatic rings. The summed E-state index contributed by atoms with van der Waals surface area (Å²) in [6, 6.07) is 11.3. The minimum absolute atomic E-state index is 0.117. The van der Waals surface area contributed by atoms with Gasteiger partial charge in [0.2, 0.25) is 5.88 Å². The van der Waals surface area contributed by atoms with Gasteiger partial charge >= 0.3 is 23.8 Å². The van der Waals surface area contributed by atoms with E-state index in [0.29, 0.717) is 42.9 Å². The second-order valence-corrected chi connectivity index (χ2v) is 9.02. The normalized spacial score (nSPS) is 17.7. The largest absolute Gasteiger partial charge is 0.481 e. The molecule has 2 aromatic heterocycles. The highest BCUT2D eigenvalue weighted by Gasteiger charge is 2.26. The molecule has 0 aliphatic heterocycles. The zero-order valence-electron chi connectivity index (χ0n) is 19.7. The van der Waals surface area contributed by atoms with Crippen molar-refractivity contribution in [1.82, 2.24) is 15.2 Å². The fraction of sp³-hybridized carbons (Fsp3) is 0.400. The van der Waals surface area contributed by atoms with E-state index in [9.17, 15) is 9.59 Å². The summed E-state index contributed by atoms with van der Waals surface area (Å²) in [5, 5.41) is 22.4. The zero-order valence-corrected chi connectivity index (χ0v) is 19.7. The van der Waals surface area contributed by atoms with Crippen molar-refractivity contribution < 1.29 is 23.8 Å². The van der Waals surface area contributed by atoms with Crippen LogP contribution < -0.4 is 15.4 Å². The van der Waals surface area contributed by atoms with Gasteiger partial charge in [-0.25, -0.2) is 4.98 Å². The van der Waals surface area contributed by atoms with Crippen LogP contribution in [0.1, 0.15) is 61.7 Å². The van der Waals surface area contributed by atoms with E-state index < -0.39 is 11.9 Å². The average molecular weight is 480 g/mol. The Balaban J connectivity index is 1.25. The molecule has 4 rings (SSSR count). The molecule has 1 fully saturated rings. The molecule has 184 valence electrons. The van der Waals surface area contributed by atoms with Crippen LogP contribution in [-0.2, 0) is 4.79 Å². The number of rotatable bonds is 9. The van der Waals surface area contributed by atoms with Crippen LogP contribution in [-0.4, -0.2) is 38.8 Å². The number of ether oxygens (including phenoxy) is 1. The highest BCUT2D eigenvalue weighted by molar-refractivity contribution is 6.00. The van der Waals surface area contributed by atoms with Crippen LogP contribution in [0.25, 0.3) is 0 Å². The Labute approximate surface area is 203 Å². The number of carboxylic acid groups (broad SMARTS) is 1. The summed E-state index contributed by atoms with van der Waals surface area (Å²) in [7, 11) is 0. The summed E-state index contributed by atoms with van der Waals surface area (Å²) in [5.41, 5.74) is 2.45. The standard InChI is InChI=1S/C25H29N5O5/c1-15(2)17-7-9-19(10-8-17)28-25-30-29-23(35-25)22(31)27-20-11-12-21(26-13-20)34-14-16-3-5-18(6-4-16)24(32)33/h7-13,15-16,18H,3-6,14H2,1-2H3,(H,27,31)(H,28,30)(H,32,33). The zero-order chi connectivity index (χ0) is 24.8. The van der Waals surface area contributed by atoms with Crippen LogP contribution >= 0.6 is 0 Å². The van der Waals surface area contributed by atoms with Crippen molar-refractivity contribution in [3.05, 3.63) is 54.0 Å². The highest BCUT2D eigenvalue weighted by atomic mass is 16.5. The number of carbonyl (C=O) groups is 2. The molecular formula is C25H29N5O5. The molecule has 1 amide bonds. The summed E-state index contributed by atoms with van der Waals surface area (Å²) in [6.07, 6.45) is 4.50. The lowest BCUT2D eigenvalue weighted by Gasteiger charge is -2.25. The predicted molar refractivity (Wildman–Crippen MR) is 129 cm³/mol. The number of hydrogen-bond donors (Lipinski definition) is 3. The smallest absolute Gasteiger partial charge is 0.320 e. The third kappa shape index (κ3) is 6.56. The molecule has 10 heteroatoms. The fourth-order valence-corrected chi connectivity index (χ4v) is 3.94. The number of nitrogens with zero attached hydrogens (tertiary/aromatic N) is 3. The van der Waals surface area contributed by atoms with Crippen LogP contribution in [0.2, 0.25) is 0 Å². The van der Waals surface area contributed by atoms with Crippen molar-refractivity contribution in [3.8, 4) is 5.88 Å². The number of benzene rings is 1. The Morgan fingerprint density at radius 1 is 1.06 bits per heavy atom. The number of hydrogen-bond acceptors (Lipinski definition) is 8. The van der Waals surface area contributed by atoms with E-state index in [4.69, 9.17) is 14.3 Å².